The van der Waals surface area contributed by atoms with Crippen LogP contribution in [0.25, 0.3) is 11.1 Å². The number of carbonyl (C=O) groups is 2. The number of anilines is 1. The molecule has 3 aromatic rings. The van der Waals surface area contributed by atoms with Gasteiger partial charge in [-0.25, -0.2) is 9.18 Å². The number of aryl methyl sites for hydroxylation is 2. The van der Waals surface area contributed by atoms with Crippen LogP contribution in [0.5, 0.6) is 11.5 Å². The number of para-hydroxylation sites is 1. The molecule has 222 valence electrons. The summed E-state index contributed by atoms with van der Waals surface area (Å²) in [5, 5.41) is 10.4. The lowest BCUT2D eigenvalue weighted by Gasteiger charge is -2.30. The zero-order valence-corrected chi connectivity index (χ0v) is 25.3. The second-order valence-corrected chi connectivity index (χ2v) is 12.1. The number of halogens is 1. The summed E-state index contributed by atoms with van der Waals surface area (Å²) >= 11 is 0. The van der Waals surface area contributed by atoms with Crippen LogP contribution in [-0.2, 0) is 22.4 Å². The number of hydrogen-bond donors (Lipinski definition) is 1. The summed E-state index contributed by atoms with van der Waals surface area (Å²) in [5.41, 5.74) is 5.94. The van der Waals surface area contributed by atoms with Crippen molar-refractivity contribution in [2.75, 3.05) is 25.2 Å². The average Bonchev–Trinajstić information content (AvgIpc) is 3.35. The van der Waals surface area contributed by atoms with Crippen LogP contribution < -0.4 is 14.4 Å². The topological polar surface area (TPSA) is 85.3 Å². The van der Waals surface area contributed by atoms with Gasteiger partial charge in [0.25, 0.3) is 5.91 Å². The molecule has 1 N–H and O–H groups in total. The number of hydrogen-bond acceptors (Lipinski definition) is 5. The monoisotopic (exact) mass is 575 g/mol. The SMILES string of the molecule is COc1c(C)cccc1C(=O)N1CCc2c1cc(C)c([C@H](OC(C)(C)C)C(=O)O)c2-c1cc(F)c2c(c1C)CCCO2. The van der Waals surface area contributed by atoms with Gasteiger partial charge in [0.15, 0.2) is 17.7 Å². The predicted octanol–water partition coefficient (Wildman–Crippen LogP) is 6.90. The van der Waals surface area contributed by atoms with Crippen LogP contribution in [0.4, 0.5) is 10.1 Å². The number of carboxylic acids is 1. The minimum Gasteiger partial charge on any atom is -0.496 e. The highest BCUT2D eigenvalue weighted by molar-refractivity contribution is 6.10. The standard InChI is InChI=1S/C34H38FNO6/c1-18-10-8-11-23(29(18)40-7)32(37)36-14-13-22-26(36)16-19(2)27(31(33(38)39)42-34(4,5)6)28(22)24-17-25(35)30-21(20(24)3)12-9-15-41-30/h8,10-11,16-17,31H,9,12-15H2,1-7H3,(H,38,39)/t31-/m0/s1. The van der Waals surface area contributed by atoms with Crippen LogP contribution >= 0.6 is 0 Å². The first-order valence-electron chi connectivity index (χ1n) is 14.3. The number of amides is 1. The molecule has 7 nitrogen and oxygen atoms in total. The van der Waals surface area contributed by atoms with Gasteiger partial charge in [-0.15, -0.1) is 0 Å². The Hall–Kier alpha value is -3.91. The summed E-state index contributed by atoms with van der Waals surface area (Å²) in [6.07, 6.45) is 0.588. The van der Waals surface area contributed by atoms with E-state index in [-0.39, 0.29) is 11.7 Å². The van der Waals surface area contributed by atoms with E-state index in [1.54, 1.807) is 18.1 Å². The Morgan fingerprint density at radius 1 is 1.07 bits per heavy atom. The number of methoxy groups -OCH3 is 1. The molecule has 0 radical (unpaired) electrons. The fraction of sp³-hybridized carbons (Fsp3) is 0.412. The average molecular weight is 576 g/mol. The number of fused-ring (bicyclic) bond motifs is 2. The Labute approximate surface area is 246 Å². The van der Waals surface area contributed by atoms with E-state index in [4.69, 9.17) is 14.2 Å². The quantitative estimate of drug-likeness (QED) is 0.344. The highest BCUT2D eigenvalue weighted by atomic mass is 19.1. The number of nitrogens with zero attached hydrogens (tertiary/aromatic N) is 1. The van der Waals surface area contributed by atoms with Gasteiger partial charge in [0.1, 0.15) is 5.75 Å². The van der Waals surface area contributed by atoms with E-state index in [9.17, 15) is 14.7 Å². The molecule has 0 aromatic heterocycles. The molecule has 5 rings (SSSR count). The molecule has 42 heavy (non-hydrogen) atoms. The normalized spacial score (nSPS) is 15.1. The van der Waals surface area contributed by atoms with E-state index in [1.807, 2.05) is 59.7 Å². The number of aliphatic carboxylic acids is 1. The highest BCUT2D eigenvalue weighted by Gasteiger charge is 2.37. The van der Waals surface area contributed by atoms with Crippen molar-refractivity contribution < 1.29 is 33.3 Å². The van der Waals surface area contributed by atoms with Crippen molar-refractivity contribution in [1.29, 1.82) is 0 Å². The van der Waals surface area contributed by atoms with E-state index in [1.165, 1.54) is 6.07 Å². The van der Waals surface area contributed by atoms with Crippen molar-refractivity contribution in [2.24, 2.45) is 0 Å². The van der Waals surface area contributed by atoms with Crippen LogP contribution in [0.3, 0.4) is 0 Å². The first kappa shape index (κ1) is 29.6. The van der Waals surface area contributed by atoms with Gasteiger partial charge in [-0.2, -0.15) is 0 Å². The van der Waals surface area contributed by atoms with Gasteiger partial charge in [-0.1, -0.05) is 12.1 Å². The van der Waals surface area contributed by atoms with E-state index in [2.05, 4.69) is 0 Å². The molecule has 0 unspecified atom stereocenters. The summed E-state index contributed by atoms with van der Waals surface area (Å²) < 4.78 is 33.0. The van der Waals surface area contributed by atoms with Crippen molar-refractivity contribution in [2.45, 2.75) is 72.5 Å². The Morgan fingerprint density at radius 3 is 2.48 bits per heavy atom. The number of ether oxygens (including phenoxy) is 3. The summed E-state index contributed by atoms with van der Waals surface area (Å²) in [4.78, 5) is 28.4. The lowest BCUT2D eigenvalue weighted by atomic mass is 9.83. The minimum atomic E-state index is -1.30. The predicted molar refractivity (Wildman–Crippen MR) is 159 cm³/mol. The smallest absolute Gasteiger partial charge is 0.337 e. The number of rotatable bonds is 6. The van der Waals surface area contributed by atoms with Crippen LogP contribution in [0.1, 0.15) is 77.0 Å². The maximum Gasteiger partial charge on any atom is 0.337 e. The van der Waals surface area contributed by atoms with Gasteiger partial charge in [-0.05, 0) is 112 Å². The second-order valence-electron chi connectivity index (χ2n) is 12.1. The van der Waals surface area contributed by atoms with Crippen molar-refractivity contribution in [3.05, 3.63) is 75.1 Å². The molecule has 0 spiro atoms. The van der Waals surface area contributed by atoms with Crippen molar-refractivity contribution in [1.82, 2.24) is 0 Å². The molecule has 0 saturated carbocycles. The molecule has 1 amide bonds. The van der Waals surface area contributed by atoms with Crippen LogP contribution in [-0.4, -0.2) is 42.8 Å². The van der Waals surface area contributed by atoms with Gasteiger partial charge in [0.2, 0.25) is 0 Å². The lowest BCUT2D eigenvalue weighted by Crippen LogP contribution is -2.30. The fourth-order valence-corrected chi connectivity index (χ4v) is 6.29. The van der Waals surface area contributed by atoms with E-state index >= 15 is 4.39 Å². The molecule has 3 aromatic carbocycles. The zero-order chi connectivity index (χ0) is 30.5. The number of carbonyl (C=O) groups excluding carboxylic acids is 1. The third kappa shape index (κ3) is 5.13. The van der Waals surface area contributed by atoms with Crippen LogP contribution in [0.15, 0.2) is 30.3 Å². The Morgan fingerprint density at radius 2 is 1.81 bits per heavy atom. The molecular weight excluding hydrogens is 537 g/mol. The molecule has 2 heterocycles. The maximum absolute atomic E-state index is 15.6. The summed E-state index contributed by atoms with van der Waals surface area (Å²) in [6, 6.07) is 8.76. The second kappa shape index (κ2) is 11.1. The molecule has 0 fully saturated rings. The number of carboxylic acid groups (broad SMARTS) is 1. The molecule has 1 atom stereocenters. The third-order valence-electron chi connectivity index (χ3n) is 8.09. The minimum absolute atomic E-state index is 0.213. The molecular formula is C34H38FNO6. The Kier molecular flexibility index (Phi) is 7.79. The van der Waals surface area contributed by atoms with E-state index < -0.39 is 23.5 Å². The summed E-state index contributed by atoms with van der Waals surface area (Å²) in [6.45, 7) is 11.9. The Balaban J connectivity index is 1.78. The maximum atomic E-state index is 15.6. The number of benzene rings is 3. The molecule has 8 heteroatoms. The first-order chi connectivity index (χ1) is 19.8. The molecule has 2 aliphatic rings. The van der Waals surface area contributed by atoms with Crippen LogP contribution in [0.2, 0.25) is 0 Å². The Bertz CT molecular complexity index is 1590. The zero-order valence-electron chi connectivity index (χ0n) is 25.3. The van der Waals surface area contributed by atoms with Crippen molar-refractivity contribution in [3.63, 3.8) is 0 Å². The first-order valence-corrected chi connectivity index (χ1v) is 14.3. The molecule has 0 bridgehead atoms. The van der Waals surface area contributed by atoms with E-state index in [0.29, 0.717) is 65.2 Å². The van der Waals surface area contributed by atoms with Crippen molar-refractivity contribution >= 4 is 17.6 Å². The molecule has 2 aliphatic heterocycles. The van der Waals surface area contributed by atoms with Gasteiger partial charge in [0.05, 0.1) is 24.9 Å². The summed E-state index contributed by atoms with van der Waals surface area (Å²) in [7, 11) is 1.55. The van der Waals surface area contributed by atoms with Gasteiger partial charge < -0.3 is 24.2 Å². The van der Waals surface area contributed by atoms with Crippen molar-refractivity contribution in [3.8, 4) is 22.6 Å². The third-order valence-corrected chi connectivity index (χ3v) is 8.09. The largest absolute Gasteiger partial charge is 0.496 e. The summed E-state index contributed by atoms with van der Waals surface area (Å²) in [5.74, 6) is -1.05. The van der Waals surface area contributed by atoms with Gasteiger partial charge in [-0.3, -0.25) is 4.79 Å². The van der Waals surface area contributed by atoms with Crippen LogP contribution in [0, 0.1) is 26.6 Å². The lowest BCUT2D eigenvalue weighted by molar-refractivity contribution is -0.160. The van der Waals surface area contributed by atoms with Gasteiger partial charge in [0, 0.05) is 23.4 Å². The fourth-order valence-electron chi connectivity index (χ4n) is 6.29. The van der Waals surface area contributed by atoms with Gasteiger partial charge >= 0.3 is 5.97 Å². The highest BCUT2D eigenvalue weighted by Crippen LogP contribution is 2.48. The molecule has 0 aliphatic carbocycles. The van der Waals surface area contributed by atoms with E-state index in [0.717, 1.165) is 28.7 Å². The molecule has 0 saturated heterocycles.